The minimum Gasteiger partial charge on any atom is -0.497 e. The molecule has 1 heterocycles. The van der Waals surface area contributed by atoms with E-state index < -0.39 is 29.1 Å². The Morgan fingerprint density at radius 3 is 1.76 bits per heavy atom. The monoisotopic (exact) mass is 460 g/mol. The number of alkyl halides is 3. The van der Waals surface area contributed by atoms with Gasteiger partial charge in [-0.1, -0.05) is 0 Å². The van der Waals surface area contributed by atoms with Gasteiger partial charge >= 0.3 is 17.9 Å². The van der Waals surface area contributed by atoms with Gasteiger partial charge in [-0.15, -0.1) is 0 Å². The first-order valence-electron chi connectivity index (χ1n) is 9.72. The summed E-state index contributed by atoms with van der Waals surface area (Å²) in [6.45, 7) is 0. The average Bonchev–Trinajstić information content (AvgIpc) is 3.23. The summed E-state index contributed by atoms with van der Waals surface area (Å²) < 4.78 is 67.9. The molecule has 0 fully saturated rings. The molecule has 9 heteroatoms. The van der Waals surface area contributed by atoms with Crippen LogP contribution in [0.4, 0.5) is 13.2 Å². The molecule has 0 radical (unpaired) electrons. The topological polar surface area (TPSA) is 63.2 Å². The van der Waals surface area contributed by atoms with Gasteiger partial charge in [0.1, 0.15) is 17.1 Å². The van der Waals surface area contributed by atoms with E-state index in [0.29, 0.717) is 28.7 Å². The summed E-state index contributed by atoms with van der Waals surface area (Å²) in [6.07, 6.45) is -4.72. The van der Waals surface area contributed by atoms with E-state index in [1.165, 1.54) is 14.2 Å². The average molecular weight is 460 g/mol. The van der Waals surface area contributed by atoms with Crippen molar-refractivity contribution >= 4 is 5.97 Å². The van der Waals surface area contributed by atoms with Gasteiger partial charge in [0.15, 0.2) is 11.5 Å². The lowest BCUT2D eigenvalue weighted by molar-refractivity contribution is -0.137. The van der Waals surface area contributed by atoms with Gasteiger partial charge in [-0.25, -0.2) is 4.79 Å². The first-order chi connectivity index (χ1) is 15.7. The molecule has 4 rings (SSSR count). The maximum absolute atomic E-state index is 13.5. The Hall–Kier alpha value is -3.88. The van der Waals surface area contributed by atoms with Crippen molar-refractivity contribution in [1.29, 1.82) is 0 Å². The minimum absolute atomic E-state index is 0.151. The summed E-state index contributed by atoms with van der Waals surface area (Å²) in [6, 6.07) is 14.8. The lowest BCUT2D eigenvalue weighted by atomic mass is 9.97. The van der Waals surface area contributed by atoms with E-state index in [9.17, 15) is 18.0 Å². The molecular formula is C24H19F3O6. The largest absolute Gasteiger partial charge is 0.497 e. The third-order valence-electron chi connectivity index (χ3n) is 5.23. The highest BCUT2D eigenvalue weighted by atomic mass is 19.4. The number of halogens is 3. The third-order valence-corrected chi connectivity index (χ3v) is 5.23. The fraction of sp³-hybridized carbons (Fsp3) is 0.208. The van der Waals surface area contributed by atoms with E-state index in [1.807, 2.05) is 0 Å². The van der Waals surface area contributed by atoms with Crippen LogP contribution in [-0.4, -0.2) is 27.3 Å². The number of methoxy groups -OCH3 is 3. The van der Waals surface area contributed by atoms with Crippen molar-refractivity contribution in [3.8, 4) is 23.0 Å². The van der Waals surface area contributed by atoms with Gasteiger partial charge in [0, 0.05) is 11.1 Å². The van der Waals surface area contributed by atoms with E-state index in [4.69, 9.17) is 23.7 Å². The van der Waals surface area contributed by atoms with Crippen LogP contribution in [0.25, 0.3) is 0 Å². The van der Waals surface area contributed by atoms with Crippen molar-refractivity contribution < 1.29 is 41.7 Å². The van der Waals surface area contributed by atoms with Crippen LogP contribution in [0.2, 0.25) is 0 Å². The van der Waals surface area contributed by atoms with Crippen molar-refractivity contribution in [2.75, 3.05) is 21.3 Å². The molecule has 0 aromatic heterocycles. The van der Waals surface area contributed by atoms with E-state index in [1.54, 1.807) is 48.5 Å². The summed E-state index contributed by atoms with van der Waals surface area (Å²) in [5, 5.41) is 0. The predicted molar refractivity (Wildman–Crippen MR) is 111 cm³/mol. The fourth-order valence-corrected chi connectivity index (χ4v) is 3.55. The molecule has 3 aromatic carbocycles. The summed E-state index contributed by atoms with van der Waals surface area (Å²) in [5.74, 6) is -1.92. The highest BCUT2D eigenvalue weighted by Crippen LogP contribution is 2.51. The Labute approximate surface area is 187 Å². The number of carbonyl (C=O) groups is 1. The number of carbonyl (C=O) groups excluding carboxylic acids is 1. The molecule has 0 saturated heterocycles. The predicted octanol–water partition coefficient (Wildman–Crippen LogP) is 5.18. The van der Waals surface area contributed by atoms with Crippen LogP contribution in [0.5, 0.6) is 23.0 Å². The number of ether oxygens (including phenoxy) is 5. The maximum atomic E-state index is 13.5. The lowest BCUT2D eigenvalue weighted by Crippen LogP contribution is -2.37. The molecule has 0 N–H and O–H groups in total. The van der Waals surface area contributed by atoms with Crippen LogP contribution in [-0.2, 0) is 16.7 Å². The number of rotatable bonds is 5. The Balaban J connectivity index is 1.92. The highest BCUT2D eigenvalue weighted by molar-refractivity contribution is 5.94. The number of fused-ring (bicyclic) bond motifs is 1. The van der Waals surface area contributed by atoms with Crippen LogP contribution in [0.3, 0.4) is 0 Å². The SMILES string of the molecule is COC(=O)c1cc(C(F)(F)F)cc2c1OC(c1ccc(OC)cc1)(c1ccc(OC)cc1)O2. The molecule has 6 nitrogen and oxygen atoms in total. The normalized spacial score (nSPS) is 14.0. The smallest absolute Gasteiger partial charge is 0.416 e. The molecule has 1 aliphatic rings. The first kappa shape index (κ1) is 22.3. The summed E-state index contributed by atoms with van der Waals surface area (Å²) in [5.41, 5.74) is -0.528. The van der Waals surface area contributed by atoms with Gasteiger partial charge in [-0.05, 0) is 60.7 Å². The van der Waals surface area contributed by atoms with Crippen LogP contribution >= 0.6 is 0 Å². The van der Waals surface area contributed by atoms with Crippen molar-refractivity contribution in [3.05, 3.63) is 82.9 Å². The molecule has 0 aliphatic carbocycles. The van der Waals surface area contributed by atoms with Gasteiger partial charge < -0.3 is 23.7 Å². The Morgan fingerprint density at radius 1 is 0.818 bits per heavy atom. The van der Waals surface area contributed by atoms with Gasteiger partial charge in [0.25, 0.3) is 0 Å². The number of benzene rings is 3. The zero-order valence-corrected chi connectivity index (χ0v) is 17.9. The van der Waals surface area contributed by atoms with Crippen molar-refractivity contribution in [1.82, 2.24) is 0 Å². The number of hydrogen-bond donors (Lipinski definition) is 0. The maximum Gasteiger partial charge on any atom is 0.416 e. The molecule has 0 spiro atoms. The van der Waals surface area contributed by atoms with Crippen molar-refractivity contribution in [3.63, 3.8) is 0 Å². The second-order valence-electron chi connectivity index (χ2n) is 7.12. The Morgan fingerprint density at radius 2 is 1.33 bits per heavy atom. The fourth-order valence-electron chi connectivity index (χ4n) is 3.55. The summed E-state index contributed by atoms with van der Waals surface area (Å²) in [4.78, 5) is 12.3. The molecule has 0 unspecified atom stereocenters. The molecule has 0 saturated carbocycles. The molecule has 0 atom stereocenters. The second-order valence-corrected chi connectivity index (χ2v) is 7.12. The second kappa shape index (κ2) is 8.23. The minimum atomic E-state index is -4.72. The Bertz CT molecular complexity index is 1120. The van der Waals surface area contributed by atoms with Crippen molar-refractivity contribution in [2.24, 2.45) is 0 Å². The number of hydrogen-bond acceptors (Lipinski definition) is 6. The standard InChI is InChI=1S/C24H19F3O6/c1-29-17-8-4-14(5-9-17)23(15-6-10-18(30-2)11-7-15)32-20-13-16(24(25,26)27)12-19(21(20)33-23)22(28)31-3/h4-13H,1-3H3. The highest BCUT2D eigenvalue weighted by Gasteiger charge is 2.48. The summed E-state index contributed by atoms with van der Waals surface area (Å²) in [7, 11) is 4.09. The van der Waals surface area contributed by atoms with Gasteiger partial charge in [-0.3, -0.25) is 0 Å². The van der Waals surface area contributed by atoms with Crippen LogP contribution < -0.4 is 18.9 Å². The van der Waals surface area contributed by atoms with Gasteiger partial charge in [0.05, 0.1) is 26.9 Å². The lowest BCUT2D eigenvalue weighted by Gasteiger charge is -2.29. The number of esters is 1. The van der Waals surface area contributed by atoms with Gasteiger partial charge in [-0.2, -0.15) is 13.2 Å². The summed E-state index contributed by atoms with van der Waals surface area (Å²) >= 11 is 0. The third kappa shape index (κ3) is 3.90. The molecule has 0 bridgehead atoms. The van der Waals surface area contributed by atoms with Crippen LogP contribution in [0.15, 0.2) is 60.7 Å². The van der Waals surface area contributed by atoms with E-state index in [0.717, 1.165) is 13.2 Å². The zero-order valence-electron chi connectivity index (χ0n) is 17.9. The van der Waals surface area contributed by atoms with Crippen LogP contribution in [0.1, 0.15) is 27.0 Å². The molecule has 172 valence electrons. The molecule has 1 aliphatic heterocycles. The first-order valence-corrected chi connectivity index (χ1v) is 9.72. The quantitative estimate of drug-likeness (QED) is 0.489. The molecular weight excluding hydrogens is 441 g/mol. The van der Waals surface area contributed by atoms with Crippen molar-refractivity contribution in [2.45, 2.75) is 12.0 Å². The molecule has 33 heavy (non-hydrogen) atoms. The van der Waals surface area contributed by atoms with Gasteiger partial charge in [0.2, 0.25) is 0 Å². The molecule has 0 amide bonds. The van der Waals surface area contributed by atoms with Crippen LogP contribution in [0, 0.1) is 0 Å². The zero-order chi connectivity index (χ0) is 23.8. The van der Waals surface area contributed by atoms with E-state index in [2.05, 4.69) is 0 Å². The Kier molecular flexibility index (Phi) is 5.57. The molecule has 3 aromatic rings. The van der Waals surface area contributed by atoms with E-state index in [-0.39, 0.29) is 11.5 Å². The van der Waals surface area contributed by atoms with E-state index >= 15 is 0 Å².